The van der Waals surface area contributed by atoms with Crippen molar-refractivity contribution in [2.45, 2.75) is 25.9 Å². The lowest BCUT2D eigenvalue weighted by atomic mass is 10.2. The van der Waals surface area contributed by atoms with E-state index in [1.165, 1.54) is 6.07 Å². The quantitative estimate of drug-likeness (QED) is 0.824. The molecule has 1 aliphatic heterocycles. The molecule has 3 rings (SSSR count). The van der Waals surface area contributed by atoms with Gasteiger partial charge in [0.15, 0.2) is 11.6 Å². The second-order valence-corrected chi connectivity index (χ2v) is 4.53. The highest BCUT2D eigenvalue weighted by molar-refractivity contribution is 5.83. The first-order valence-corrected chi connectivity index (χ1v) is 5.68. The molecule has 0 spiro atoms. The van der Waals surface area contributed by atoms with E-state index < -0.39 is 0 Å². The molecule has 2 aromatic rings. The Hall–Kier alpha value is -1.62. The summed E-state index contributed by atoms with van der Waals surface area (Å²) in [5, 5.41) is 0. The molecule has 0 bridgehead atoms. The van der Waals surface area contributed by atoms with Crippen LogP contribution in [0.5, 0.6) is 5.75 Å². The van der Waals surface area contributed by atoms with Gasteiger partial charge in [0.05, 0.1) is 17.6 Å². The minimum Gasteiger partial charge on any atom is -0.486 e. The van der Waals surface area contributed by atoms with Crippen LogP contribution in [0.25, 0.3) is 11.0 Å². The van der Waals surface area contributed by atoms with E-state index in [0.717, 1.165) is 16.9 Å². The summed E-state index contributed by atoms with van der Waals surface area (Å²) in [6.07, 6.45) is 0. The van der Waals surface area contributed by atoms with Crippen molar-refractivity contribution in [1.82, 2.24) is 9.55 Å². The van der Waals surface area contributed by atoms with Gasteiger partial charge < -0.3 is 15.0 Å². The van der Waals surface area contributed by atoms with Gasteiger partial charge in [-0.05, 0) is 26.0 Å². The van der Waals surface area contributed by atoms with Gasteiger partial charge in [0.1, 0.15) is 17.9 Å². The topological polar surface area (TPSA) is 53.1 Å². The van der Waals surface area contributed by atoms with Gasteiger partial charge in [0.25, 0.3) is 0 Å². The van der Waals surface area contributed by atoms with Crippen molar-refractivity contribution in [1.29, 1.82) is 0 Å². The molecular weight excluding hydrogens is 221 g/mol. The van der Waals surface area contributed by atoms with Crippen LogP contribution in [0.3, 0.4) is 0 Å². The van der Waals surface area contributed by atoms with E-state index in [9.17, 15) is 4.39 Å². The molecule has 17 heavy (non-hydrogen) atoms. The van der Waals surface area contributed by atoms with E-state index in [0.29, 0.717) is 12.4 Å². The SMILES string of the molecule is C[C@H](N)c1nc2ccc(F)c3c2n1[C@H](C)CO3. The summed E-state index contributed by atoms with van der Waals surface area (Å²) in [5.74, 6) is 0.726. The van der Waals surface area contributed by atoms with Crippen LogP contribution >= 0.6 is 0 Å². The molecule has 0 aliphatic carbocycles. The third-order valence-corrected chi connectivity index (χ3v) is 3.10. The summed E-state index contributed by atoms with van der Waals surface area (Å²) in [6, 6.07) is 2.99. The van der Waals surface area contributed by atoms with Gasteiger partial charge in [-0.2, -0.15) is 0 Å². The number of benzene rings is 1. The van der Waals surface area contributed by atoms with Gasteiger partial charge in [0, 0.05) is 0 Å². The van der Waals surface area contributed by atoms with Crippen molar-refractivity contribution in [3.05, 3.63) is 23.8 Å². The second kappa shape index (κ2) is 3.43. The van der Waals surface area contributed by atoms with Crippen LogP contribution in [0.4, 0.5) is 4.39 Å². The largest absolute Gasteiger partial charge is 0.486 e. The molecular formula is C12H14FN3O. The molecule has 2 N–H and O–H groups in total. The molecule has 4 nitrogen and oxygen atoms in total. The molecule has 0 radical (unpaired) electrons. The fourth-order valence-electron chi connectivity index (χ4n) is 2.33. The van der Waals surface area contributed by atoms with Crippen LogP contribution in [-0.2, 0) is 0 Å². The number of hydrogen-bond acceptors (Lipinski definition) is 3. The van der Waals surface area contributed by atoms with E-state index in [4.69, 9.17) is 10.5 Å². The Balaban J connectivity index is 2.42. The summed E-state index contributed by atoms with van der Waals surface area (Å²) in [6.45, 7) is 4.34. The number of ether oxygens (including phenoxy) is 1. The summed E-state index contributed by atoms with van der Waals surface area (Å²) >= 11 is 0. The Morgan fingerprint density at radius 1 is 1.59 bits per heavy atom. The van der Waals surface area contributed by atoms with Crippen LogP contribution in [0.2, 0.25) is 0 Å². The van der Waals surface area contributed by atoms with Crippen molar-refractivity contribution >= 4 is 11.0 Å². The Bertz CT molecular complexity index is 591. The first kappa shape index (κ1) is 10.5. The van der Waals surface area contributed by atoms with E-state index in [-0.39, 0.29) is 17.9 Å². The highest BCUT2D eigenvalue weighted by atomic mass is 19.1. The molecule has 0 amide bonds. The number of rotatable bonds is 1. The highest BCUT2D eigenvalue weighted by Gasteiger charge is 2.27. The first-order chi connectivity index (χ1) is 8.09. The Labute approximate surface area is 98.2 Å². The van der Waals surface area contributed by atoms with Gasteiger partial charge in [-0.25, -0.2) is 9.37 Å². The molecule has 1 aromatic heterocycles. The predicted octanol–water partition coefficient (Wildman–Crippen LogP) is 2.15. The molecule has 0 saturated heterocycles. The minimum absolute atomic E-state index is 0.121. The Kier molecular flexibility index (Phi) is 2.13. The molecule has 1 aliphatic rings. The number of imidazole rings is 1. The Morgan fingerprint density at radius 2 is 2.35 bits per heavy atom. The van der Waals surface area contributed by atoms with E-state index in [2.05, 4.69) is 4.98 Å². The fourth-order valence-corrected chi connectivity index (χ4v) is 2.33. The van der Waals surface area contributed by atoms with Crippen LogP contribution in [0.15, 0.2) is 12.1 Å². The van der Waals surface area contributed by atoms with Gasteiger partial charge >= 0.3 is 0 Å². The zero-order valence-corrected chi connectivity index (χ0v) is 9.77. The van der Waals surface area contributed by atoms with Gasteiger partial charge in [-0.15, -0.1) is 0 Å². The number of nitrogens with two attached hydrogens (primary N) is 1. The number of aromatic nitrogens is 2. The molecule has 1 aromatic carbocycles. The lowest BCUT2D eigenvalue weighted by Gasteiger charge is -2.25. The normalized spacial score (nSPS) is 20.4. The number of hydrogen-bond donors (Lipinski definition) is 1. The Morgan fingerprint density at radius 3 is 3.06 bits per heavy atom. The lowest BCUT2D eigenvalue weighted by Crippen LogP contribution is -2.24. The van der Waals surface area contributed by atoms with E-state index in [1.807, 2.05) is 18.4 Å². The molecule has 5 heteroatoms. The summed E-state index contributed by atoms with van der Waals surface area (Å²) in [5.41, 5.74) is 7.37. The number of halogens is 1. The third-order valence-electron chi connectivity index (χ3n) is 3.10. The summed E-state index contributed by atoms with van der Waals surface area (Å²) < 4.78 is 21.1. The average Bonchev–Trinajstić information content (AvgIpc) is 2.67. The van der Waals surface area contributed by atoms with Gasteiger partial charge in [-0.3, -0.25) is 0 Å². The standard InChI is InChI=1S/C12H14FN3O/c1-6-5-17-11-8(13)3-4-9-10(11)16(6)12(15-9)7(2)14/h3-4,6-7H,5,14H2,1-2H3/t6-,7+/m1/s1. The van der Waals surface area contributed by atoms with Crippen LogP contribution < -0.4 is 10.5 Å². The molecule has 0 unspecified atom stereocenters. The third kappa shape index (κ3) is 1.35. The zero-order chi connectivity index (χ0) is 12.2. The average molecular weight is 235 g/mol. The zero-order valence-electron chi connectivity index (χ0n) is 9.77. The number of nitrogens with zero attached hydrogens (tertiary/aromatic N) is 2. The highest BCUT2D eigenvalue weighted by Crippen LogP contribution is 2.36. The molecule has 0 fully saturated rings. The van der Waals surface area contributed by atoms with Crippen LogP contribution in [0, 0.1) is 5.82 Å². The first-order valence-electron chi connectivity index (χ1n) is 5.68. The lowest BCUT2D eigenvalue weighted by molar-refractivity contribution is 0.234. The maximum absolute atomic E-state index is 13.7. The van der Waals surface area contributed by atoms with Gasteiger partial charge in [-0.1, -0.05) is 0 Å². The maximum atomic E-state index is 13.7. The monoisotopic (exact) mass is 235 g/mol. The minimum atomic E-state index is -0.346. The molecule has 0 saturated carbocycles. The van der Waals surface area contributed by atoms with E-state index in [1.54, 1.807) is 6.07 Å². The van der Waals surface area contributed by atoms with Crippen molar-refractivity contribution in [3.63, 3.8) is 0 Å². The maximum Gasteiger partial charge on any atom is 0.180 e. The van der Waals surface area contributed by atoms with Crippen molar-refractivity contribution in [2.75, 3.05) is 6.61 Å². The fraction of sp³-hybridized carbons (Fsp3) is 0.417. The van der Waals surface area contributed by atoms with Gasteiger partial charge in [0.2, 0.25) is 0 Å². The predicted molar refractivity (Wildman–Crippen MR) is 62.5 cm³/mol. The van der Waals surface area contributed by atoms with Crippen molar-refractivity contribution in [3.8, 4) is 5.75 Å². The molecule has 90 valence electrons. The molecule has 2 atom stereocenters. The summed E-state index contributed by atoms with van der Waals surface area (Å²) in [4.78, 5) is 4.47. The molecule has 2 heterocycles. The van der Waals surface area contributed by atoms with Crippen molar-refractivity contribution in [2.24, 2.45) is 5.73 Å². The summed E-state index contributed by atoms with van der Waals surface area (Å²) in [7, 11) is 0. The van der Waals surface area contributed by atoms with Crippen molar-refractivity contribution < 1.29 is 9.13 Å². The van der Waals surface area contributed by atoms with Crippen LogP contribution in [-0.4, -0.2) is 16.2 Å². The second-order valence-electron chi connectivity index (χ2n) is 4.53. The smallest absolute Gasteiger partial charge is 0.180 e. The van der Waals surface area contributed by atoms with E-state index >= 15 is 0 Å². The van der Waals surface area contributed by atoms with Crippen LogP contribution in [0.1, 0.15) is 31.8 Å².